The quantitative estimate of drug-likeness (QED) is 0.609. The number of anilines is 2. The van der Waals surface area contributed by atoms with Crippen LogP contribution in [0.1, 0.15) is 15.9 Å². The summed E-state index contributed by atoms with van der Waals surface area (Å²) in [6, 6.07) is 9.10. The molecule has 0 radical (unpaired) electrons. The fraction of sp³-hybridized carbons (Fsp3) is 0.0714. The number of hydrogen-bond acceptors (Lipinski definition) is 2. The number of nitrogen functional groups attached to an aromatic ring is 1. The first-order valence-electron chi connectivity index (χ1n) is 5.70. The van der Waals surface area contributed by atoms with Crippen LogP contribution in [-0.2, 0) is 0 Å². The molecule has 0 unspecified atom stereocenters. The molecule has 1 amide bonds. The molecule has 2 aromatic rings. The number of carbonyl (C=O) groups is 1. The van der Waals surface area contributed by atoms with E-state index >= 15 is 0 Å². The molecule has 0 atom stereocenters. The summed E-state index contributed by atoms with van der Waals surface area (Å²) in [4.78, 5) is 12.3. The van der Waals surface area contributed by atoms with Crippen molar-refractivity contribution in [2.45, 2.75) is 6.92 Å². The summed E-state index contributed by atoms with van der Waals surface area (Å²) in [5, 5.41) is 2.86. The van der Waals surface area contributed by atoms with E-state index in [-0.39, 0.29) is 5.91 Å². The number of nitrogens with one attached hydrogen (secondary N) is 1. The van der Waals surface area contributed by atoms with Gasteiger partial charge in [0, 0.05) is 19.1 Å². The molecule has 0 saturated carbocycles. The Balaban J connectivity index is 2.35. The Morgan fingerprint density at radius 3 is 2.30 bits per heavy atom. The van der Waals surface area contributed by atoms with Gasteiger partial charge in [-0.2, -0.15) is 0 Å². The Morgan fingerprint density at radius 2 is 1.70 bits per heavy atom. The van der Waals surface area contributed by atoms with Crippen molar-refractivity contribution in [3.63, 3.8) is 0 Å². The van der Waals surface area contributed by atoms with E-state index in [1.165, 1.54) is 0 Å². The van der Waals surface area contributed by atoms with Gasteiger partial charge in [-0.25, -0.2) is 0 Å². The molecule has 20 heavy (non-hydrogen) atoms. The van der Waals surface area contributed by atoms with Gasteiger partial charge in [0.1, 0.15) is 0 Å². The van der Waals surface area contributed by atoms with Crippen molar-refractivity contribution >= 4 is 65.1 Å². The van der Waals surface area contributed by atoms with E-state index in [0.29, 0.717) is 16.9 Å². The van der Waals surface area contributed by atoms with Crippen LogP contribution in [-0.4, -0.2) is 5.91 Å². The molecule has 0 aliphatic rings. The van der Waals surface area contributed by atoms with Crippen LogP contribution in [0.2, 0.25) is 0 Å². The molecule has 3 N–H and O–H groups in total. The fourth-order valence-corrected chi connectivity index (χ4v) is 4.17. The number of nitrogens with two attached hydrogens (primary N) is 1. The summed E-state index contributed by atoms with van der Waals surface area (Å²) in [5.74, 6) is -0.241. The molecule has 0 aliphatic heterocycles. The predicted molar refractivity (Wildman–Crippen MR) is 93.1 cm³/mol. The Labute approximate surface area is 142 Å². The average molecular weight is 463 g/mol. The van der Waals surface area contributed by atoms with E-state index in [1.54, 1.807) is 12.1 Å². The molecule has 0 heterocycles. The first-order chi connectivity index (χ1) is 9.38. The minimum absolute atomic E-state index is 0.241. The van der Waals surface area contributed by atoms with Gasteiger partial charge < -0.3 is 11.1 Å². The maximum absolute atomic E-state index is 12.3. The number of rotatable bonds is 2. The van der Waals surface area contributed by atoms with Gasteiger partial charge in [0.15, 0.2) is 0 Å². The molecule has 0 aromatic heterocycles. The fourth-order valence-electron chi connectivity index (χ4n) is 1.71. The van der Waals surface area contributed by atoms with E-state index < -0.39 is 0 Å². The SMILES string of the molecule is Cc1ccc(N)c(C(=O)Nc2c(Br)cc(Br)cc2Br)c1. The van der Waals surface area contributed by atoms with Gasteiger partial charge in [-0.1, -0.05) is 27.6 Å². The molecule has 2 aromatic carbocycles. The summed E-state index contributed by atoms with van der Waals surface area (Å²) < 4.78 is 2.46. The Kier molecular flexibility index (Phi) is 4.88. The third kappa shape index (κ3) is 3.42. The van der Waals surface area contributed by atoms with Crippen LogP contribution in [0, 0.1) is 6.92 Å². The highest BCUT2D eigenvalue weighted by Gasteiger charge is 2.14. The zero-order chi connectivity index (χ0) is 14.9. The van der Waals surface area contributed by atoms with Crippen LogP contribution in [0.15, 0.2) is 43.7 Å². The first-order valence-corrected chi connectivity index (χ1v) is 8.08. The van der Waals surface area contributed by atoms with Gasteiger partial charge in [0.2, 0.25) is 0 Å². The highest BCUT2D eigenvalue weighted by Crippen LogP contribution is 2.34. The lowest BCUT2D eigenvalue weighted by molar-refractivity contribution is 0.102. The minimum atomic E-state index is -0.241. The number of hydrogen-bond donors (Lipinski definition) is 2. The minimum Gasteiger partial charge on any atom is -0.398 e. The van der Waals surface area contributed by atoms with Crippen LogP contribution < -0.4 is 11.1 Å². The monoisotopic (exact) mass is 460 g/mol. The van der Waals surface area contributed by atoms with Crippen LogP contribution in [0.25, 0.3) is 0 Å². The molecule has 2 rings (SSSR count). The van der Waals surface area contributed by atoms with Crippen LogP contribution in [0.4, 0.5) is 11.4 Å². The largest absolute Gasteiger partial charge is 0.398 e. The molecule has 0 bridgehead atoms. The zero-order valence-electron chi connectivity index (χ0n) is 10.5. The molecule has 0 fully saturated rings. The zero-order valence-corrected chi connectivity index (χ0v) is 15.3. The molecular weight excluding hydrogens is 452 g/mol. The lowest BCUT2D eigenvalue weighted by atomic mass is 10.1. The van der Waals surface area contributed by atoms with E-state index in [1.807, 2.05) is 25.1 Å². The number of benzene rings is 2. The van der Waals surface area contributed by atoms with E-state index in [9.17, 15) is 4.79 Å². The van der Waals surface area contributed by atoms with Gasteiger partial charge in [0.05, 0.1) is 11.3 Å². The highest BCUT2D eigenvalue weighted by molar-refractivity contribution is 9.11. The van der Waals surface area contributed by atoms with Crippen molar-refractivity contribution < 1.29 is 4.79 Å². The van der Waals surface area contributed by atoms with Gasteiger partial charge >= 0.3 is 0 Å². The number of carbonyl (C=O) groups excluding carboxylic acids is 1. The van der Waals surface area contributed by atoms with Crippen LogP contribution in [0.5, 0.6) is 0 Å². The van der Waals surface area contributed by atoms with Crippen molar-refractivity contribution in [3.05, 3.63) is 54.9 Å². The second-order valence-corrected chi connectivity index (χ2v) is 6.91. The first kappa shape index (κ1) is 15.5. The molecule has 6 heteroatoms. The number of amides is 1. The van der Waals surface area contributed by atoms with E-state index in [2.05, 4.69) is 53.1 Å². The van der Waals surface area contributed by atoms with Crippen molar-refractivity contribution in [3.8, 4) is 0 Å². The standard InChI is InChI=1S/C14H11Br3N2O/c1-7-2-3-12(18)9(4-7)14(20)19-13-10(16)5-8(15)6-11(13)17/h2-6H,18H2,1H3,(H,19,20). The van der Waals surface area contributed by atoms with Crippen molar-refractivity contribution in [1.29, 1.82) is 0 Å². The Bertz CT molecular complexity index is 663. The van der Waals surface area contributed by atoms with Crippen molar-refractivity contribution in [2.24, 2.45) is 0 Å². The third-order valence-electron chi connectivity index (χ3n) is 2.70. The van der Waals surface area contributed by atoms with Gasteiger partial charge in [-0.3, -0.25) is 4.79 Å². The summed E-state index contributed by atoms with van der Waals surface area (Å²) in [6.07, 6.45) is 0. The van der Waals surface area contributed by atoms with Crippen molar-refractivity contribution in [2.75, 3.05) is 11.1 Å². The van der Waals surface area contributed by atoms with E-state index in [0.717, 1.165) is 19.0 Å². The molecule has 0 saturated heterocycles. The molecule has 3 nitrogen and oxygen atoms in total. The maximum Gasteiger partial charge on any atom is 0.257 e. The lowest BCUT2D eigenvalue weighted by Crippen LogP contribution is -2.15. The number of aryl methyl sites for hydroxylation is 1. The Morgan fingerprint density at radius 1 is 1.10 bits per heavy atom. The number of halogens is 3. The predicted octanol–water partition coefficient (Wildman–Crippen LogP) is 5.12. The molecule has 0 aliphatic carbocycles. The average Bonchev–Trinajstić information content (AvgIpc) is 2.36. The molecular formula is C14H11Br3N2O. The van der Waals surface area contributed by atoms with Crippen LogP contribution in [0.3, 0.4) is 0 Å². The summed E-state index contributed by atoms with van der Waals surface area (Å²) in [5.41, 5.74) is 8.42. The van der Waals surface area contributed by atoms with Crippen LogP contribution >= 0.6 is 47.8 Å². The highest BCUT2D eigenvalue weighted by atomic mass is 79.9. The van der Waals surface area contributed by atoms with Crippen molar-refractivity contribution in [1.82, 2.24) is 0 Å². The smallest absolute Gasteiger partial charge is 0.257 e. The molecule has 0 spiro atoms. The second-order valence-electron chi connectivity index (χ2n) is 4.29. The second kappa shape index (κ2) is 6.28. The topological polar surface area (TPSA) is 55.1 Å². The molecule has 104 valence electrons. The third-order valence-corrected chi connectivity index (χ3v) is 4.41. The van der Waals surface area contributed by atoms with Gasteiger partial charge in [-0.15, -0.1) is 0 Å². The summed E-state index contributed by atoms with van der Waals surface area (Å²) in [7, 11) is 0. The maximum atomic E-state index is 12.3. The summed E-state index contributed by atoms with van der Waals surface area (Å²) in [6.45, 7) is 1.92. The normalized spacial score (nSPS) is 10.4. The van der Waals surface area contributed by atoms with Gasteiger partial charge in [-0.05, 0) is 63.0 Å². The lowest BCUT2D eigenvalue weighted by Gasteiger charge is -2.12. The summed E-state index contributed by atoms with van der Waals surface area (Å²) >= 11 is 10.2. The Hall–Kier alpha value is -0.850. The van der Waals surface area contributed by atoms with Gasteiger partial charge in [0.25, 0.3) is 5.91 Å². The van der Waals surface area contributed by atoms with E-state index in [4.69, 9.17) is 5.73 Å².